The Labute approximate surface area is 181 Å². The predicted molar refractivity (Wildman–Crippen MR) is 115 cm³/mol. The zero-order chi connectivity index (χ0) is 22.2. The fourth-order valence-corrected chi connectivity index (χ4v) is 5.39. The summed E-state index contributed by atoms with van der Waals surface area (Å²) < 4.78 is 54.7. The van der Waals surface area contributed by atoms with Gasteiger partial charge in [0.15, 0.2) is 0 Å². The summed E-state index contributed by atoms with van der Waals surface area (Å²) in [4.78, 5) is 14.9. The van der Waals surface area contributed by atoms with E-state index in [0.717, 1.165) is 24.7 Å². The predicted octanol–water partition coefficient (Wildman–Crippen LogP) is 3.67. The Kier molecular flexibility index (Phi) is 6.12. The number of carbonyl (C=O) groups excluding carboxylic acids is 1. The summed E-state index contributed by atoms with van der Waals surface area (Å²) in [6, 6.07) is 10.6. The Morgan fingerprint density at radius 3 is 2.48 bits per heavy atom. The topological polar surface area (TPSA) is 66.5 Å². The molecular formula is C23H26F2N2O3S. The fraction of sp³-hybridized carbons (Fsp3) is 0.435. The van der Waals surface area contributed by atoms with Gasteiger partial charge in [-0.25, -0.2) is 21.9 Å². The van der Waals surface area contributed by atoms with Crippen molar-refractivity contribution >= 4 is 15.9 Å². The van der Waals surface area contributed by atoms with E-state index in [1.807, 2.05) is 12.1 Å². The molecule has 1 N–H and O–H groups in total. The van der Waals surface area contributed by atoms with Crippen LogP contribution >= 0.6 is 0 Å². The monoisotopic (exact) mass is 448 g/mol. The second kappa shape index (κ2) is 8.67. The summed E-state index contributed by atoms with van der Waals surface area (Å²) in [6.45, 7) is 0.937. The number of sulfonamides is 1. The Bertz CT molecular complexity index is 1070. The first-order valence-corrected chi connectivity index (χ1v) is 12.4. The molecule has 3 atom stereocenters. The summed E-state index contributed by atoms with van der Waals surface area (Å²) in [5.74, 6) is -1.63. The molecule has 1 amide bonds. The minimum absolute atomic E-state index is 0.0176. The highest BCUT2D eigenvalue weighted by Crippen LogP contribution is 2.51. The number of benzene rings is 2. The molecule has 2 fully saturated rings. The third-order valence-electron chi connectivity index (χ3n) is 6.06. The normalized spacial score (nSPS) is 24.0. The summed E-state index contributed by atoms with van der Waals surface area (Å²) in [7, 11) is -3.35. The van der Waals surface area contributed by atoms with Crippen LogP contribution in [0.25, 0.3) is 11.1 Å². The van der Waals surface area contributed by atoms with Gasteiger partial charge in [0.1, 0.15) is 11.6 Å². The quantitative estimate of drug-likeness (QED) is 0.759. The molecule has 2 aromatic carbocycles. The first-order valence-electron chi connectivity index (χ1n) is 10.5. The molecule has 0 spiro atoms. The van der Waals surface area contributed by atoms with Gasteiger partial charge in [-0.3, -0.25) is 4.79 Å². The van der Waals surface area contributed by atoms with Crippen LogP contribution in [-0.4, -0.2) is 44.6 Å². The number of nitrogens with one attached hydrogen (secondary N) is 1. The van der Waals surface area contributed by atoms with E-state index >= 15 is 0 Å². The molecule has 4 rings (SSSR count). The first-order chi connectivity index (χ1) is 14.7. The number of likely N-dealkylation sites (tertiary alicyclic amines) is 1. The van der Waals surface area contributed by atoms with E-state index in [-0.39, 0.29) is 29.3 Å². The van der Waals surface area contributed by atoms with Gasteiger partial charge in [0.05, 0.1) is 11.8 Å². The number of rotatable bonds is 5. The molecule has 0 aromatic heterocycles. The number of carbonyl (C=O) groups is 1. The fourth-order valence-electron chi connectivity index (χ4n) is 4.59. The Hall–Kier alpha value is -2.32. The smallest absolute Gasteiger partial charge is 0.226 e. The van der Waals surface area contributed by atoms with E-state index in [4.69, 9.17) is 0 Å². The lowest BCUT2D eigenvalue weighted by molar-refractivity contribution is -0.132. The Morgan fingerprint density at radius 2 is 1.77 bits per heavy atom. The van der Waals surface area contributed by atoms with E-state index in [0.29, 0.717) is 31.5 Å². The van der Waals surface area contributed by atoms with Crippen molar-refractivity contribution in [1.29, 1.82) is 0 Å². The second-order valence-corrected chi connectivity index (χ2v) is 10.3. The van der Waals surface area contributed by atoms with Crippen LogP contribution in [0.1, 0.15) is 37.2 Å². The molecule has 1 heterocycles. The van der Waals surface area contributed by atoms with Gasteiger partial charge >= 0.3 is 0 Å². The third-order valence-corrected chi connectivity index (χ3v) is 6.83. The first kappa shape index (κ1) is 21.9. The third kappa shape index (κ3) is 4.96. The van der Waals surface area contributed by atoms with Gasteiger partial charge in [-0.15, -0.1) is 0 Å². The van der Waals surface area contributed by atoms with Crippen LogP contribution in [0, 0.1) is 17.6 Å². The number of hydrogen-bond donors (Lipinski definition) is 1. The molecule has 0 radical (unpaired) electrons. The number of hydrogen-bond acceptors (Lipinski definition) is 3. The van der Waals surface area contributed by atoms with Crippen molar-refractivity contribution in [3.63, 3.8) is 0 Å². The lowest BCUT2D eigenvalue weighted by Crippen LogP contribution is -2.44. The largest absolute Gasteiger partial charge is 0.341 e. The molecule has 1 saturated carbocycles. The lowest BCUT2D eigenvalue weighted by atomic mass is 9.95. The molecule has 2 aromatic rings. The molecule has 2 aliphatic rings. The molecule has 0 bridgehead atoms. The maximum atomic E-state index is 14.4. The van der Waals surface area contributed by atoms with Gasteiger partial charge in [0.2, 0.25) is 15.9 Å². The van der Waals surface area contributed by atoms with Crippen LogP contribution in [0.2, 0.25) is 0 Å². The van der Waals surface area contributed by atoms with Crippen molar-refractivity contribution in [2.45, 2.75) is 37.6 Å². The Balaban J connectivity index is 1.53. The van der Waals surface area contributed by atoms with Crippen LogP contribution in [0.5, 0.6) is 0 Å². The van der Waals surface area contributed by atoms with Gasteiger partial charge in [0.25, 0.3) is 0 Å². The van der Waals surface area contributed by atoms with E-state index < -0.39 is 21.7 Å². The van der Waals surface area contributed by atoms with Crippen molar-refractivity contribution < 1.29 is 22.0 Å². The van der Waals surface area contributed by atoms with E-state index in [9.17, 15) is 22.0 Å². The minimum Gasteiger partial charge on any atom is -0.341 e. The molecule has 166 valence electrons. The molecule has 8 heteroatoms. The van der Waals surface area contributed by atoms with Gasteiger partial charge in [-0.2, -0.15) is 0 Å². The molecule has 31 heavy (non-hydrogen) atoms. The molecule has 0 unspecified atom stereocenters. The summed E-state index contributed by atoms with van der Waals surface area (Å²) in [6.07, 6.45) is 4.11. The van der Waals surface area contributed by atoms with Crippen LogP contribution in [0.4, 0.5) is 8.78 Å². The molecule has 5 nitrogen and oxygen atoms in total. The summed E-state index contributed by atoms with van der Waals surface area (Å²) in [5.41, 5.74) is 1.18. The second-order valence-electron chi connectivity index (χ2n) is 8.50. The minimum atomic E-state index is -3.35. The van der Waals surface area contributed by atoms with Crippen molar-refractivity contribution in [2.75, 3.05) is 19.3 Å². The maximum absolute atomic E-state index is 14.4. The number of halogens is 2. The maximum Gasteiger partial charge on any atom is 0.226 e. The van der Waals surface area contributed by atoms with E-state index in [2.05, 4.69) is 4.72 Å². The Morgan fingerprint density at radius 1 is 1.06 bits per heavy atom. The van der Waals surface area contributed by atoms with Gasteiger partial charge in [-0.05, 0) is 48.4 Å². The van der Waals surface area contributed by atoms with Crippen LogP contribution < -0.4 is 4.72 Å². The van der Waals surface area contributed by atoms with Crippen molar-refractivity contribution in [3.05, 3.63) is 59.7 Å². The zero-order valence-electron chi connectivity index (χ0n) is 17.4. The van der Waals surface area contributed by atoms with E-state index in [1.54, 1.807) is 17.0 Å². The highest BCUT2D eigenvalue weighted by Gasteiger charge is 2.47. The number of nitrogens with zero attached hydrogens (tertiary/aromatic N) is 1. The van der Waals surface area contributed by atoms with Crippen LogP contribution in [-0.2, 0) is 14.8 Å². The summed E-state index contributed by atoms with van der Waals surface area (Å²) >= 11 is 0. The molecule has 1 aliphatic carbocycles. The highest BCUT2D eigenvalue weighted by molar-refractivity contribution is 7.88. The van der Waals surface area contributed by atoms with Crippen molar-refractivity contribution in [2.24, 2.45) is 5.92 Å². The highest BCUT2D eigenvalue weighted by atomic mass is 32.2. The van der Waals surface area contributed by atoms with Crippen molar-refractivity contribution in [1.82, 2.24) is 9.62 Å². The average Bonchev–Trinajstić information content (AvgIpc) is 3.51. The van der Waals surface area contributed by atoms with Crippen LogP contribution in [0.3, 0.4) is 0 Å². The van der Waals surface area contributed by atoms with E-state index in [1.165, 1.54) is 18.2 Å². The van der Waals surface area contributed by atoms with Gasteiger partial charge < -0.3 is 4.90 Å². The molecule has 1 saturated heterocycles. The van der Waals surface area contributed by atoms with Crippen molar-refractivity contribution in [3.8, 4) is 11.1 Å². The van der Waals surface area contributed by atoms with Gasteiger partial charge in [-0.1, -0.05) is 36.8 Å². The lowest BCUT2D eigenvalue weighted by Gasteiger charge is -2.25. The average molecular weight is 449 g/mol. The number of amides is 1. The molecular weight excluding hydrogens is 422 g/mol. The standard InChI is InChI=1S/C23H26F2N2O3S/c1-31(29,30)26-15-7-4-5-12-27(14-15)23(28)19-13-18(19)16-8-2-3-9-17(16)22-20(24)10-6-11-21(22)25/h2-3,6,8-11,15,18-19,26H,4-5,7,12-14H2,1H3/t15-,18+,19-/m1/s1. The van der Waals surface area contributed by atoms with Crippen LogP contribution in [0.15, 0.2) is 42.5 Å². The van der Waals surface area contributed by atoms with Gasteiger partial charge in [0, 0.05) is 25.0 Å². The zero-order valence-corrected chi connectivity index (χ0v) is 18.2. The summed E-state index contributed by atoms with van der Waals surface area (Å²) in [5, 5.41) is 0. The molecule has 1 aliphatic heterocycles. The SMILES string of the molecule is CS(=O)(=O)N[C@@H]1CCCCN(C(=O)[C@@H]2C[C@H]2c2ccccc2-c2c(F)cccc2F)C1.